The first-order valence-electron chi connectivity index (χ1n) is 5.94. The number of aromatic nitrogens is 3. The van der Waals surface area contributed by atoms with Crippen molar-refractivity contribution in [2.45, 2.75) is 19.6 Å². The van der Waals surface area contributed by atoms with Crippen molar-refractivity contribution in [3.05, 3.63) is 11.4 Å². The molecule has 0 N–H and O–H groups in total. The molecule has 104 valence electrons. The SMILES string of the molecule is COCc1c(C(=O)OC)nnn1CC(=O)N1CCC1. The lowest BCUT2D eigenvalue weighted by Gasteiger charge is -2.30. The van der Waals surface area contributed by atoms with Crippen molar-refractivity contribution in [1.82, 2.24) is 19.9 Å². The number of carbonyl (C=O) groups is 2. The van der Waals surface area contributed by atoms with Crippen molar-refractivity contribution in [1.29, 1.82) is 0 Å². The van der Waals surface area contributed by atoms with E-state index in [1.165, 1.54) is 18.9 Å². The number of ether oxygens (including phenoxy) is 2. The monoisotopic (exact) mass is 268 g/mol. The summed E-state index contributed by atoms with van der Waals surface area (Å²) in [5, 5.41) is 7.57. The fraction of sp³-hybridized carbons (Fsp3) is 0.636. The van der Waals surface area contributed by atoms with Gasteiger partial charge in [-0.2, -0.15) is 0 Å². The van der Waals surface area contributed by atoms with Crippen molar-refractivity contribution in [2.24, 2.45) is 0 Å². The molecule has 1 fully saturated rings. The standard InChI is InChI=1S/C11H16N4O4/c1-18-7-8-10(11(17)19-2)12-13-15(8)6-9(16)14-4-3-5-14/h3-7H2,1-2H3. The average Bonchev–Trinajstić information content (AvgIpc) is 2.70. The number of rotatable bonds is 5. The molecule has 0 unspecified atom stereocenters. The van der Waals surface area contributed by atoms with E-state index in [0.717, 1.165) is 19.5 Å². The predicted octanol–water partition coefficient (Wildman–Crippen LogP) is -0.557. The third-order valence-electron chi connectivity index (χ3n) is 2.99. The first kappa shape index (κ1) is 13.5. The zero-order chi connectivity index (χ0) is 13.8. The van der Waals surface area contributed by atoms with Gasteiger partial charge in [0.25, 0.3) is 0 Å². The molecule has 0 spiro atoms. The van der Waals surface area contributed by atoms with Gasteiger partial charge in [-0.15, -0.1) is 5.10 Å². The van der Waals surface area contributed by atoms with E-state index in [-0.39, 0.29) is 24.8 Å². The second-order valence-electron chi connectivity index (χ2n) is 4.20. The van der Waals surface area contributed by atoms with Crippen molar-refractivity contribution in [3.63, 3.8) is 0 Å². The number of nitrogens with zero attached hydrogens (tertiary/aromatic N) is 4. The van der Waals surface area contributed by atoms with Gasteiger partial charge in [0, 0.05) is 20.2 Å². The van der Waals surface area contributed by atoms with Crippen LogP contribution in [0, 0.1) is 0 Å². The quantitative estimate of drug-likeness (QED) is 0.665. The van der Waals surface area contributed by atoms with Gasteiger partial charge in [0.2, 0.25) is 5.91 Å². The Morgan fingerprint density at radius 1 is 1.32 bits per heavy atom. The Morgan fingerprint density at radius 3 is 2.58 bits per heavy atom. The van der Waals surface area contributed by atoms with Crippen LogP contribution in [0.1, 0.15) is 22.6 Å². The lowest BCUT2D eigenvalue weighted by atomic mass is 10.2. The van der Waals surface area contributed by atoms with Gasteiger partial charge in [-0.1, -0.05) is 5.21 Å². The summed E-state index contributed by atoms with van der Waals surface area (Å²) in [5.74, 6) is -0.625. The number of likely N-dealkylation sites (tertiary alicyclic amines) is 1. The maximum atomic E-state index is 11.9. The molecule has 0 saturated carbocycles. The van der Waals surface area contributed by atoms with Gasteiger partial charge in [-0.3, -0.25) is 4.79 Å². The van der Waals surface area contributed by atoms with E-state index in [1.807, 2.05) is 0 Å². The summed E-state index contributed by atoms with van der Waals surface area (Å²) in [6, 6.07) is 0. The molecule has 0 aliphatic carbocycles. The highest BCUT2D eigenvalue weighted by Crippen LogP contribution is 2.11. The molecule has 0 bridgehead atoms. The fourth-order valence-electron chi connectivity index (χ4n) is 1.79. The van der Waals surface area contributed by atoms with Crippen LogP contribution in [0.5, 0.6) is 0 Å². The molecule has 1 aliphatic heterocycles. The molecule has 1 amide bonds. The van der Waals surface area contributed by atoms with Crippen LogP contribution in [0.15, 0.2) is 0 Å². The molecular weight excluding hydrogens is 252 g/mol. The Balaban J connectivity index is 2.16. The van der Waals surface area contributed by atoms with Gasteiger partial charge in [0.15, 0.2) is 5.69 Å². The van der Waals surface area contributed by atoms with Gasteiger partial charge < -0.3 is 14.4 Å². The minimum Gasteiger partial charge on any atom is -0.464 e. The summed E-state index contributed by atoms with van der Waals surface area (Å²) in [6.45, 7) is 1.75. The third kappa shape index (κ3) is 2.73. The Hall–Kier alpha value is -1.96. The number of methoxy groups -OCH3 is 2. The lowest BCUT2D eigenvalue weighted by Crippen LogP contribution is -2.44. The Labute approximate surface area is 110 Å². The molecule has 0 radical (unpaired) electrons. The van der Waals surface area contributed by atoms with Crippen LogP contribution in [-0.2, 0) is 27.4 Å². The third-order valence-corrected chi connectivity index (χ3v) is 2.99. The number of hydrogen-bond acceptors (Lipinski definition) is 6. The summed E-state index contributed by atoms with van der Waals surface area (Å²) in [4.78, 5) is 25.1. The summed E-state index contributed by atoms with van der Waals surface area (Å²) < 4.78 is 11.0. The molecule has 19 heavy (non-hydrogen) atoms. The van der Waals surface area contributed by atoms with Crippen molar-refractivity contribution in [2.75, 3.05) is 27.3 Å². The van der Waals surface area contributed by atoms with Crippen LogP contribution >= 0.6 is 0 Å². The van der Waals surface area contributed by atoms with Gasteiger partial charge in [-0.25, -0.2) is 9.48 Å². The van der Waals surface area contributed by atoms with Crippen LogP contribution < -0.4 is 0 Å². The van der Waals surface area contributed by atoms with Crippen LogP contribution in [0.25, 0.3) is 0 Å². The van der Waals surface area contributed by atoms with Gasteiger partial charge in [0.05, 0.1) is 19.4 Å². The zero-order valence-electron chi connectivity index (χ0n) is 11.0. The molecule has 1 aromatic rings. The van der Waals surface area contributed by atoms with E-state index in [9.17, 15) is 9.59 Å². The minimum atomic E-state index is -0.588. The molecule has 8 heteroatoms. The Kier molecular flexibility index (Phi) is 4.10. The van der Waals surface area contributed by atoms with E-state index in [0.29, 0.717) is 5.69 Å². The summed E-state index contributed by atoms with van der Waals surface area (Å²) in [5.41, 5.74) is 0.531. The van der Waals surface area contributed by atoms with E-state index in [4.69, 9.17) is 4.74 Å². The first-order chi connectivity index (χ1) is 9.17. The van der Waals surface area contributed by atoms with Crippen LogP contribution in [0.3, 0.4) is 0 Å². The van der Waals surface area contributed by atoms with Gasteiger partial charge in [0.1, 0.15) is 6.54 Å². The highest BCUT2D eigenvalue weighted by molar-refractivity contribution is 5.88. The van der Waals surface area contributed by atoms with E-state index in [1.54, 1.807) is 4.90 Å². The molecule has 8 nitrogen and oxygen atoms in total. The lowest BCUT2D eigenvalue weighted by molar-refractivity contribution is -0.135. The zero-order valence-corrected chi connectivity index (χ0v) is 11.0. The van der Waals surface area contributed by atoms with Gasteiger partial charge in [-0.05, 0) is 6.42 Å². The van der Waals surface area contributed by atoms with E-state index >= 15 is 0 Å². The predicted molar refractivity (Wildman–Crippen MR) is 63.3 cm³/mol. The molecule has 0 aromatic carbocycles. The van der Waals surface area contributed by atoms with Crippen molar-refractivity contribution < 1.29 is 19.1 Å². The number of carbonyl (C=O) groups excluding carboxylic acids is 2. The number of esters is 1. The first-order valence-corrected chi connectivity index (χ1v) is 5.94. The summed E-state index contributed by atoms with van der Waals surface area (Å²) in [6.07, 6.45) is 1.03. The Morgan fingerprint density at radius 2 is 2.05 bits per heavy atom. The number of hydrogen-bond donors (Lipinski definition) is 0. The smallest absolute Gasteiger partial charge is 0.360 e. The highest BCUT2D eigenvalue weighted by atomic mass is 16.5. The molecule has 0 atom stereocenters. The summed E-state index contributed by atoms with van der Waals surface area (Å²) >= 11 is 0. The largest absolute Gasteiger partial charge is 0.464 e. The molecule has 1 aliphatic rings. The van der Waals surface area contributed by atoms with E-state index < -0.39 is 5.97 Å². The summed E-state index contributed by atoms with van der Waals surface area (Å²) in [7, 11) is 2.76. The van der Waals surface area contributed by atoms with Gasteiger partial charge >= 0.3 is 5.97 Å². The minimum absolute atomic E-state index is 0.0371. The Bertz CT molecular complexity index is 481. The van der Waals surface area contributed by atoms with Crippen LogP contribution in [0.2, 0.25) is 0 Å². The molecule has 2 heterocycles. The molecule has 2 rings (SSSR count). The van der Waals surface area contributed by atoms with Crippen molar-refractivity contribution >= 4 is 11.9 Å². The highest BCUT2D eigenvalue weighted by Gasteiger charge is 2.25. The maximum Gasteiger partial charge on any atom is 0.360 e. The number of amides is 1. The second-order valence-corrected chi connectivity index (χ2v) is 4.20. The normalized spacial score (nSPS) is 14.1. The molecule has 1 saturated heterocycles. The topological polar surface area (TPSA) is 86.5 Å². The molecule has 1 aromatic heterocycles. The second kappa shape index (κ2) is 5.79. The molecular formula is C11H16N4O4. The van der Waals surface area contributed by atoms with Crippen molar-refractivity contribution in [3.8, 4) is 0 Å². The fourth-order valence-corrected chi connectivity index (χ4v) is 1.79. The van der Waals surface area contributed by atoms with Crippen LogP contribution in [0.4, 0.5) is 0 Å². The maximum absolute atomic E-state index is 11.9. The van der Waals surface area contributed by atoms with E-state index in [2.05, 4.69) is 15.0 Å². The average molecular weight is 268 g/mol. The van der Waals surface area contributed by atoms with Crippen LogP contribution in [-0.4, -0.2) is 59.1 Å².